The highest BCUT2D eigenvalue weighted by Crippen LogP contribution is 2.33. The van der Waals surface area contributed by atoms with Crippen LogP contribution in [0, 0.1) is 11.6 Å². The molecule has 11 heteroatoms. The number of thiazole rings is 1. The van der Waals surface area contributed by atoms with Crippen LogP contribution in [-0.4, -0.2) is 71.6 Å². The zero-order valence-electron chi connectivity index (χ0n) is 20.3. The molecule has 3 aromatic rings. The van der Waals surface area contributed by atoms with Crippen LogP contribution in [-0.2, 0) is 11.4 Å². The van der Waals surface area contributed by atoms with Crippen molar-refractivity contribution in [2.45, 2.75) is 19.4 Å². The number of nitrogens with zero attached hydrogens (tertiary/aromatic N) is 3. The Morgan fingerprint density at radius 1 is 1.14 bits per heavy atom. The molecule has 8 nitrogen and oxygen atoms in total. The number of benzene rings is 2. The van der Waals surface area contributed by atoms with E-state index in [1.165, 1.54) is 23.3 Å². The van der Waals surface area contributed by atoms with Gasteiger partial charge in [0.1, 0.15) is 35.4 Å². The number of ether oxygens (including phenoxy) is 2. The average molecular weight is 532 g/mol. The van der Waals surface area contributed by atoms with Crippen LogP contribution in [0.5, 0.6) is 11.5 Å². The highest BCUT2D eigenvalue weighted by molar-refractivity contribution is 7.09. The Morgan fingerprint density at radius 3 is 2.51 bits per heavy atom. The van der Waals surface area contributed by atoms with Crippen LogP contribution in [0.1, 0.15) is 28.3 Å². The van der Waals surface area contributed by atoms with E-state index in [-0.39, 0.29) is 24.6 Å². The standard InChI is InChI=1S/C26H27F2N3O5S/c1-35-23-13-21(28)20(27)12-19(23)17-4-6-18(7-5-17)36-15-24-29-22(16-37-24)26(34)31(14-25(32)33)11-10-30-8-2-3-9-30/h4-7,12-13,16H,2-3,8-11,14-15H2,1H3,(H,32,33). The molecule has 1 N–H and O–H groups in total. The maximum absolute atomic E-state index is 13.7. The fourth-order valence-electron chi connectivity index (χ4n) is 4.12. The van der Waals surface area contributed by atoms with Gasteiger partial charge in [-0.3, -0.25) is 9.59 Å². The van der Waals surface area contributed by atoms with Gasteiger partial charge in [0.05, 0.1) is 7.11 Å². The monoisotopic (exact) mass is 531 g/mol. The Balaban J connectivity index is 1.37. The lowest BCUT2D eigenvalue weighted by atomic mass is 10.0. The maximum Gasteiger partial charge on any atom is 0.323 e. The van der Waals surface area contributed by atoms with E-state index in [9.17, 15) is 23.5 Å². The van der Waals surface area contributed by atoms with Gasteiger partial charge in [-0.15, -0.1) is 11.3 Å². The highest BCUT2D eigenvalue weighted by Gasteiger charge is 2.23. The number of hydrogen-bond acceptors (Lipinski definition) is 7. The number of aromatic nitrogens is 1. The SMILES string of the molecule is COc1cc(F)c(F)cc1-c1ccc(OCc2nc(C(=O)N(CCN3CCCC3)CC(=O)O)cs2)cc1. The van der Waals surface area contributed by atoms with E-state index in [0.717, 1.165) is 38.1 Å². The minimum atomic E-state index is -1.07. The molecule has 0 aliphatic carbocycles. The lowest BCUT2D eigenvalue weighted by molar-refractivity contribution is -0.137. The summed E-state index contributed by atoms with van der Waals surface area (Å²) in [6, 6.07) is 8.85. The second-order valence-electron chi connectivity index (χ2n) is 8.58. The van der Waals surface area contributed by atoms with Gasteiger partial charge in [0.15, 0.2) is 11.6 Å². The number of methoxy groups -OCH3 is 1. The molecule has 0 radical (unpaired) electrons. The van der Waals surface area contributed by atoms with Crippen LogP contribution in [0.25, 0.3) is 11.1 Å². The first-order valence-corrected chi connectivity index (χ1v) is 12.7. The second-order valence-corrected chi connectivity index (χ2v) is 9.52. The van der Waals surface area contributed by atoms with Crippen molar-refractivity contribution in [2.24, 2.45) is 0 Å². The van der Waals surface area contributed by atoms with Gasteiger partial charge in [-0.05, 0) is 49.7 Å². The molecule has 4 rings (SSSR count). The van der Waals surface area contributed by atoms with E-state index in [1.54, 1.807) is 29.6 Å². The summed E-state index contributed by atoms with van der Waals surface area (Å²) in [4.78, 5) is 32.1. The summed E-state index contributed by atoms with van der Waals surface area (Å²) in [6.45, 7) is 2.60. The van der Waals surface area contributed by atoms with Crippen LogP contribution in [0.15, 0.2) is 41.8 Å². The van der Waals surface area contributed by atoms with Crippen LogP contribution in [0.4, 0.5) is 8.78 Å². The van der Waals surface area contributed by atoms with Gasteiger partial charge >= 0.3 is 5.97 Å². The fraction of sp³-hybridized carbons (Fsp3) is 0.346. The van der Waals surface area contributed by atoms with Crippen molar-refractivity contribution in [3.63, 3.8) is 0 Å². The third-order valence-corrected chi connectivity index (χ3v) is 6.86. The number of carbonyl (C=O) groups excluding carboxylic acids is 1. The fourth-order valence-corrected chi connectivity index (χ4v) is 4.80. The minimum absolute atomic E-state index is 0.110. The molecular weight excluding hydrogens is 504 g/mol. The predicted octanol–water partition coefficient (Wildman–Crippen LogP) is 4.30. The number of halogens is 2. The molecular formula is C26H27F2N3O5S. The van der Waals surface area contributed by atoms with Crippen LogP contribution in [0.2, 0.25) is 0 Å². The summed E-state index contributed by atoms with van der Waals surface area (Å²) in [7, 11) is 1.38. The summed E-state index contributed by atoms with van der Waals surface area (Å²) in [5.41, 5.74) is 1.22. The van der Waals surface area contributed by atoms with Crippen molar-refractivity contribution >= 4 is 23.2 Å². The van der Waals surface area contributed by atoms with E-state index in [0.29, 0.717) is 35.0 Å². The van der Waals surface area contributed by atoms with E-state index < -0.39 is 23.5 Å². The Kier molecular flexibility index (Phi) is 8.67. The van der Waals surface area contributed by atoms with Gasteiger partial charge in [0.2, 0.25) is 0 Å². The van der Waals surface area contributed by atoms with Crippen molar-refractivity contribution in [3.8, 4) is 22.6 Å². The number of carboxylic acid groups (broad SMARTS) is 1. The van der Waals surface area contributed by atoms with E-state index in [2.05, 4.69) is 9.88 Å². The number of carbonyl (C=O) groups is 2. The third kappa shape index (κ3) is 6.80. The predicted molar refractivity (Wildman–Crippen MR) is 134 cm³/mol. The molecule has 196 valence electrons. The van der Waals surface area contributed by atoms with E-state index in [1.807, 2.05) is 0 Å². The summed E-state index contributed by atoms with van der Waals surface area (Å²) in [6.07, 6.45) is 2.23. The molecule has 0 unspecified atom stereocenters. The molecule has 1 fully saturated rings. The molecule has 1 aliphatic rings. The highest BCUT2D eigenvalue weighted by atomic mass is 32.1. The average Bonchev–Trinajstić information content (AvgIpc) is 3.59. The van der Waals surface area contributed by atoms with Gasteiger partial charge in [0, 0.05) is 30.1 Å². The van der Waals surface area contributed by atoms with Gasteiger partial charge < -0.3 is 24.4 Å². The first kappa shape index (κ1) is 26.5. The molecule has 0 bridgehead atoms. The molecule has 2 aromatic carbocycles. The smallest absolute Gasteiger partial charge is 0.323 e. The lowest BCUT2D eigenvalue weighted by Gasteiger charge is -2.23. The molecule has 1 aromatic heterocycles. The zero-order valence-corrected chi connectivity index (χ0v) is 21.1. The zero-order chi connectivity index (χ0) is 26.4. The molecule has 1 saturated heterocycles. The molecule has 0 spiro atoms. The number of carboxylic acids is 1. The quantitative estimate of drug-likeness (QED) is 0.395. The summed E-state index contributed by atoms with van der Waals surface area (Å²) >= 11 is 1.25. The molecule has 2 heterocycles. The Labute approximate surface area is 217 Å². The van der Waals surface area contributed by atoms with E-state index in [4.69, 9.17) is 9.47 Å². The maximum atomic E-state index is 13.7. The molecule has 1 aliphatic heterocycles. The van der Waals surface area contributed by atoms with Crippen molar-refractivity contribution in [1.82, 2.24) is 14.8 Å². The van der Waals surface area contributed by atoms with E-state index >= 15 is 0 Å². The first-order chi connectivity index (χ1) is 17.8. The van der Waals surface area contributed by atoms with Crippen molar-refractivity contribution in [1.29, 1.82) is 0 Å². The lowest BCUT2D eigenvalue weighted by Crippen LogP contribution is -2.41. The van der Waals surface area contributed by atoms with Gasteiger partial charge in [-0.1, -0.05) is 12.1 Å². The molecule has 0 saturated carbocycles. The van der Waals surface area contributed by atoms with Crippen LogP contribution >= 0.6 is 11.3 Å². The number of hydrogen-bond donors (Lipinski definition) is 1. The van der Waals surface area contributed by atoms with Crippen molar-refractivity contribution in [2.75, 3.05) is 39.8 Å². The number of aliphatic carboxylic acids is 1. The van der Waals surface area contributed by atoms with Gasteiger partial charge in [-0.25, -0.2) is 13.8 Å². The Hall–Kier alpha value is -3.57. The molecule has 0 atom stereocenters. The van der Waals surface area contributed by atoms with Crippen molar-refractivity contribution in [3.05, 3.63) is 64.1 Å². The molecule has 37 heavy (non-hydrogen) atoms. The number of rotatable bonds is 11. The number of likely N-dealkylation sites (tertiary alicyclic amines) is 1. The van der Waals surface area contributed by atoms with Crippen molar-refractivity contribution < 1.29 is 33.0 Å². The minimum Gasteiger partial charge on any atom is -0.496 e. The van der Waals surface area contributed by atoms with Crippen LogP contribution in [0.3, 0.4) is 0 Å². The second kappa shape index (κ2) is 12.1. The normalized spacial score (nSPS) is 13.5. The molecule has 1 amide bonds. The van der Waals surface area contributed by atoms with Crippen LogP contribution < -0.4 is 9.47 Å². The van der Waals surface area contributed by atoms with Gasteiger partial charge in [0.25, 0.3) is 5.91 Å². The number of amides is 1. The summed E-state index contributed by atoms with van der Waals surface area (Å²) in [5.74, 6) is -2.72. The Bertz CT molecular complexity index is 1250. The Morgan fingerprint density at radius 2 is 1.84 bits per heavy atom. The largest absolute Gasteiger partial charge is 0.496 e. The van der Waals surface area contributed by atoms with Gasteiger partial charge in [-0.2, -0.15) is 0 Å². The summed E-state index contributed by atoms with van der Waals surface area (Å²) < 4.78 is 38.2. The summed E-state index contributed by atoms with van der Waals surface area (Å²) in [5, 5.41) is 11.4. The first-order valence-electron chi connectivity index (χ1n) is 11.8. The topological polar surface area (TPSA) is 92.2 Å². The third-order valence-electron chi connectivity index (χ3n) is 6.04.